The van der Waals surface area contributed by atoms with Crippen LogP contribution in [0.4, 0.5) is 0 Å². The predicted molar refractivity (Wildman–Crippen MR) is 71.7 cm³/mol. The number of hydrogen-bond acceptors (Lipinski definition) is 3. The lowest BCUT2D eigenvalue weighted by atomic mass is 9.96. The first kappa shape index (κ1) is 13.3. The normalized spacial score (nSPS) is 12.3. The Morgan fingerprint density at radius 1 is 1.37 bits per heavy atom. The molecule has 0 radical (unpaired) electrons. The molecule has 1 atom stereocenters. The van der Waals surface area contributed by atoms with Gasteiger partial charge in [0.05, 0.1) is 11.6 Å². The summed E-state index contributed by atoms with van der Waals surface area (Å²) in [6.45, 7) is 1.98. The van der Waals surface area contributed by atoms with Crippen molar-refractivity contribution in [1.29, 1.82) is 0 Å². The van der Waals surface area contributed by atoms with Crippen molar-refractivity contribution in [3.8, 4) is 11.4 Å². The van der Waals surface area contributed by atoms with E-state index in [0.717, 1.165) is 23.4 Å². The summed E-state index contributed by atoms with van der Waals surface area (Å²) in [6, 6.07) is 5.53. The molecular formula is C14H17N3O2. The Morgan fingerprint density at radius 3 is 2.63 bits per heavy atom. The third kappa shape index (κ3) is 2.99. The van der Waals surface area contributed by atoms with Crippen LogP contribution in [0.2, 0.25) is 0 Å². The van der Waals surface area contributed by atoms with Crippen LogP contribution in [-0.2, 0) is 11.8 Å². The number of aliphatic carboxylic acids is 1. The van der Waals surface area contributed by atoms with Crippen LogP contribution in [0.3, 0.4) is 0 Å². The summed E-state index contributed by atoms with van der Waals surface area (Å²) >= 11 is 0. The molecule has 0 aliphatic heterocycles. The van der Waals surface area contributed by atoms with Crippen molar-refractivity contribution in [2.75, 3.05) is 0 Å². The average molecular weight is 259 g/mol. The van der Waals surface area contributed by atoms with Crippen molar-refractivity contribution < 1.29 is 9.90 Å². The molecule has 5 heteroatoms. The van der Waals surface area contributed by atoms with Crippen molar-refractivity contribution in [3.63, 3.8) is 0 Å². The number of rotatable bonds is 5. The molecule has 0 bridgehead atoms. The van der Waals surface area contributed by atoms with Gasteiger partial charge >= 0.3 is 5.97 Å². The maximum Gasteiger partial charge on any atom is 0.311 e. The number of nitrogens with zero attached hydrogens (tertiary/aromatic N) is 3. The van der Waals surface area contributed by atoms with Crippen molar-refractivity contribution in [1.82, 2.24) is 14.8 Å². The fourth-order valence-electron chi connectivity index (χ4n) is 2.04. The quantitative estimate of drug-likeness (QED) is 0.895. The molecule has 2 rings (SSSR count). The molecule has 0 amide bonds. The molecular weight excluding hydrogens is 242 g/mol. The number of carboxylic acid groups (broad SMARTS) is 1. The van der Waals surface area contributed by atoms with Gasteiger partial charge in [-0.05, 0) is 24.1 Å². The molecule has 0 saturated heterocycles. The van der Waals surface area contributed by atoms with Gasteiger partial charge in [-0.25, -0.2) is 0 Å². The first-order valence-electron chi connectivity index (χ1n) is 6.30. The SMILES string of the molecule is CCCC(C(=O)O)c1ccc(-c2ccn(C)n2)nc1. The second kappa shape index (κ2) is 5.65. The van der Waals surface area contributed by atoms with Gasteiger partial charge in [-0.1, -0.05) is 19.4 Å². The molecule has 0 aliphatic carbocycles. The molecule has 0 aromatic carbocycles. The van der Waals surface area contributed by atoms with Gasteiger partial charge in [0.1, 0.15) is 5.69 Å². The first-order valence-corrected chi connectivity index (χ1v) is 6.30. The standard InChI is InChI=1S/C14H17N3O2/c1-3-4-11(14(18)19)10-5-6-12(15-9-10)13-7-8-17(2)16-13/h5-9,11H,3-4H2,1-2H3,(H,18,19). The van der Waals surface area contributed by atoms with Gasteiger partial charge in [-0.2, -0.15) is 5.10 Å². The molecule has 2 aromatic rings. The zero-order chi connectivity index (χ0) is 13.8. The summed E-state index contributed by atoms with van der Waals surface area (Å²) in [4.78, 5) is 15.5. The highest BCUT2D eigenvalue weighted by Crippen LogP contribution is 2.23. The Morgan fingerprint density at radius 2 is 2.16 bits per heavy atom. The molecule has 0 spiro atoms. The monoisotopic (exact) mass is 259 g/mol. The average Bonchev–Trinajstić information content (AvgIpc) is 2.82. The second-order valence-corrected chi connectivity index (χ2v) is 4.53. The smallest absolute Gasteiger partial charge is 0.311 e. The summed E-state index contributed by atoms with van der Waals surface area (Å²) in [7, 11) is 1.85. The first-order chi connectivity index (χ1) is 9.11. The minimum atomic E-state index is -0.797. The molecule has 1 unspecified atom stereocenters. The summed E-state index contributed by atoms with van der Waals surface area (Å²) in [5.41, 5.74) is 2.29. The van der Waals surface area contributed by atoms with Crippen molar-refractivity contribution in [3.05, 3.63) is 36.2 Å². The van der Waals surface area contributed by atoms with Crippen LogP contribution in [0.1, 0.15) is 31.2 Å². The second-order valence-electron chi connectivity index (χ2n) is 4.53. The number of aryl methyl sites for hydroxylation is 1. The fourth-order valence-corrected chi connectivity index (χ4v) is 2.04. The topological polar surface area (TPSA) is 68.0 Å². The van der Waals surface area contributed by atoms with E-state index in [2.05, 4.69) is 10.1 Å². The summed E-state index contributed by atoms with van der Waals surface area (Å²) in [5, 5.41) is 13.5. The summed E-state index contributed by atoms with van der Waals surface area (Å²) in [5.74, 6) is -1.27. The van der Waals surface area contributed by atoms with E-state index in [1.807, 2.05) is 38.4 Å². The zero-order valence-electron chi connectivity index (χ0n) is 11.1. The predicted octanol–water partition coefficient (Wildman–Crippen LogP) is 2.45. The molecule has 0 aliphatic rings. The lowest BCUT2D eigenvalue weighted by Crippen LogP contribution is -2.11. The van der Waals surface area contributed by atoms with Crippen molar-refractivity contribution in [2.24, 2.45) is 7.05 Å². The molecule has 5 nitrogen and oxygen atoms in total. The van der Waals surface area contributed by atoms with Crippen molar-refractivity contribution >= 4 is 5.97 Å². The highest BCUT2D eigenvalue weighted by molar-refractivity contribution is 5.76. The molecule has 2 aromatic heterocycles. The van der Waals surface area contributed by atoms with Crippen molar-refractivity contribution in [2.45, 2.75) is 25.7 Å². The zero-order valence-corrected chi connectivity index (χ0v) is 11.1. The highest BCUT2D eigenvalue weighted by Gasteiger charge is 2.19. The van der Waals surface area contributed by atoms with Gasteiger partial charge in [-0.15, -0.1) is 0 Å². The Kier molecular flexibility index (Phi) is 3.94. The molecule has 1 N–H and O–H groups in total. The van der Waals surface area contributed by atoms with Crippen LogP contribution in [0, 0.1) is 0 Å². The molecule has 2 heterocycles. The van der Waals surface area contributed by atoms with E-state index in [1.54, 1.807) is 10.9 Å². The Bertz CT molecular complexity index is 560. The van der Waals surface area contributed by atoms with Crippen LogP contribution in [0.5, 0.6) is 0 Å². The maximum absolute atomic E-state index is 11.2. The highest BCUT2D eigenvalue weighted by atomic mass is 16.4. The molecule has 0 fully saturated rings. The van der Waals surface area contributed by atoms with Gasteiger partial charge < -0.3 is 5.11 Å². The van der Waals surface area contributed by atoms with E-state index in [1.165, 1.54) is 0 Å². The molecule has 100 valence electrons. The third-order valence-corrected chi connectivity index (χ3v) is 3.04. The lowest BCUT2D eigenvalue weighted by molar-refractivity contribution is -0.139. The summed E-state index contributed by atoms with van der Waals surface area (Å²) < 4.78 is 1.71. The summed E-state index contributed by atoms with van der Waals surface area (Å²) in [6.07, 6.45) is 4.94. The van der Waals surface area contributed by atoms with E-state index in [9.17, 15) is 9.90 Å². The number of carboxylic acids is 1. The number of hydrogen-bond donors (Lipinski definition) is 1. The van der Waals surface area contributed by atoms with Crippen LogP contribution < -0.4 is 0 Å². The maximum atomic E-state index is 11.2. The third-order valence-electron chi connectivity index (χ3n) is 3.04. The van der Waals surface area contributed by atoms with E-state index in [4.69, 9.17) is 0 Å². The van der Waals surface area contributed by atoms with Crippen LogP contribution in [0.25, 0.3) is 11.4 Å². The molecule has 0 saturated carbocycles. The number of carbonyl (C=O) groups is 1. The number of aromatic nitrogens is 3. The number of pyridine rings is 1. The van der Waals surface area contributed by atoms with Crippen LogP contribution in [0.15, 0.2) is 30.6 Å². The van der Waals surface area contributed by atoms with Gasteiger partial charge in [0.2, 0.25) is 0 Å². The van der Waals surface area contributed by atoms with E-state index in [-0.39, 0.29) is 0 Å². The van der Waals surface area contributed by atoms with Crippen LogP contribution >= 0.6 is 0 Å². The van der Waals surface area contributed by atoms with Gasteiger partial charge in [0, 0.05) is 19.4 Å². The Balaban J connectivity index is 2.24. The Hall–Kier alpha value is -2.17. The lowest BCUT2D eigenvalue weighted by Gasteiger charge is -2.11. The Labute approximate surface area is 111 Å². The van der Waals surface area contributed by atoms with Crippen LogP contribution in [-0.4, -0.2) is 25.8 Å². The molecule has 19 heavy (non-hydrogen) atoms. The van der Waals surface area contributed by atoms with Gasteiger partial charge in [0.25, 0.3) is 0 Å². The van der Waals surface area contributed by atoms with Gasteiger partial charge in [-0.3, -0.25) is 14.5 Å². The van der Waals surface area contributed by atoms with E-state index >= 15 is 0 Å². The van der Waals surface area contributed by atoms with Gasteiger partial charge in [0.15, 0.2) is 0 Å². The van der Waals surface area contributed by atoms with E-state index < -0.39 is 11.9 Å². The van der Waals surface area contributed by atoms with E-state index in [0.29, 0.717) is 6.42 Å². The fraction of sp³-hybridized carbons (Fsp3) is 0.357. The largest absolute Gasteiger partial charge is 0.481 e. The minimum absolute atomic E-state index is 0.477. The minimum Gasteiger partial charge on any atom is -0.481 e.